The van der Waals surface area contributed by atoms with E-state index in [0.717, 1.165) is 5.56 Å². The van der Waals surface area contributed by atoms with Crippen LogP contribution in [0.3, 0.4) is 0 Å². The molecule has 1 aromatic carbocycles. The predicted octanol–water partition coefficient (Wildman–Crippen LogP) is -0.185. The van der Waals surface area contributed by atoms with E-state index >= 15 is 0 Å². The molecule has 0 radical (unpaired) electrons. The highest BCUT2D eigenvalue weighted by molar-refractivity contribution is 7.89. The van der Waals surface area contributed by atoms with Gasteiger partial charge in [0.2, 0.25) is 10.0 Å². The number of hydrogen-bond donors (Lipinski definition) is 2. The van der Waals surface area contributed by atoms with Crippen molar-refractivity contribution in [2.75, 3.05) is 33.1 Å². The lowest BCUT2D eigenvalue weighted by molar-refractivity contribution is 0.0926. The van der Waals surface area contributed by atoms with E-state index in [2.05, 4.69) is 5.32 Å². The van der Waals surface area contributed by atoms with Crippen LogP contribution in [-0.2, 0) is 21.4 Å². The van der Waals surface area contributed by atoms with Crippen molar-refractivity contribution < 1.29 is 23.1 Å². The first-order valence-corrected chi connectivity index (χ1v) is 8.93. The van der Waals surface area contributed by atoms with Gasteiger partial charge in [0.15, 0.2) is 0 Å². The second-order valence-corrected chi connectivity index (χ2v) is 8.02. The molecule has 1 heterocycles. The first-order valence-electron chi connectivity index (χ1n) is 7.32. The molecule has 8 heteroatoms. The average Bonchev–Trinajstić information content (AvgIpc) is 2.93. The number of benzene rings is 1. The molecule has 2 N–H and O–H groups in total. The van der Waals surface area contributed by atoms with Crippen LogP contribution in [0.25, 0.3) is 0 Å². The molecule has 1 amide bonds. The Bertz CT molecular complexity index is 642. The lowest BCUT2D eigenvalue weighted by Gasteiger charge is -2.21. The Kier molecular flexibility index (Phi) is 5.74. The van der Waals surface area contributed by atoms with Crippen LogP contribution in [0.2, 0.25) is 0 Å². The monoisotopic (exact) mass is 342 g/mol. The fraction of sp³-hybridized carbons (Fsp3) is 0.533. The van der Waals surface area contributed by atoms with Gasteiger partial charge in [0.1, 0.15) is 0 Å². The minimum atomic E-state index is -3.35. The molecule has 0 aromatic heterocycles. The molecule has 7 nitrogen and oxygen atoms in total. The van der Waals surface area contributed by atoms with Crippen LogP contribution in [0, 0.1) is 5.92 Å². The van der Waals surface area contributed by atoms with Crippen LogP contribution in [0.5, 0.6) is 0 Å². The molecule has 1 aliphatic rings. The molecule has 128 valence electrons. The van der Waals surface area contributed by atoms with Gasteiger partial charge in [-0.1, -0.05) is 12.1 Å². The van der Waals surface area contributed by atoms with Crippen LogP contribution >= 0.6 is 0 Å². The van der Waals surface area contributed by atoms with E-state index in [1.807, 2.05) is 0 Å². The van der Waals surface area contributed by atoms with Crippen LogP contribution < -0.4 is 5.32 Å². The Labute approximate surface area is 136 Å². The fourth-order valence-electron chi connectivity index (χ4n) is 2.36. The third-order valence-corrected chi connectivity index (χ3v) is 5.86. The third kappa shape index (κ3) is 4.51. The number of hydrogen-bond acceptors (Lipinski definition) is 5. The molecule has 0 bridgehead atoms. The van der Waals surface area contributed by atoms with E-state index in [-0.39, 0.29) is 30.2 Å². The molecule has 23 heavy (non-hydrogen) atoms. The van der Waals surface area contributed by atoms with Crippen molar-refractivity contribution in [3.8, 4) is 0 Å². The number of ether oxygens (including phenoxy) is 1. The van der Waals surface area contributed by atoms with Crippen LogP contribution in [0.15, 0.2) is 24.3 Å². The Morgan fingerprint density at radius 1 is 1.30 bits per heavy atom. The maximum Gasteiger partial charge on any atom is 0.251 e. The summed E-state index contributed by atoms with van der Waals surface area (Å²) in [5.74, 6) is -0.616. The molecule has 1 aromatic rings. The summed E-state index contributed by atoms with van der Waals surface area (Å²) >= 11 is 0. The van der Waals surface area contributed by atoms with Gasteiger partial charge in [-0.25, -0.2) is 12.7 Å². The summed E-state index contributed by atoms with van der Waals surface area (Å²) in [4.78, 5) is 12.3. The summed E-state index contributed by atoms with van der Waals surface area (Å²) in [5.41, 5.74) is 1.18. The summed E-state index contributed by atoms with van der Waals surface area (Å²) in [7, 11) is -0.375. The highest BCUT2D eigenvalue weighted by atomic mass is 32.2. The molecule has 0 saturated carbocycles. The van der Waals surface area contributed by atoms with Gasteiger partial charge < -0.3 is 15.2 Å². The number of carbonyl (C=O) groups excluding carboxylic acids is 1. The van der Waals surface area contributed by atoms with Gasteiger partial charge in [0.25, 0.3) is 5.91 Å². The standard InChI is InChI=1S/C15H22N2O5S/c1-17(2)23(20,21)10-13-8-22-9-14(13)16-15(19)12-5-3-11(7-18)4-6-12/h3-6,13-14,18H,7-10H2,1-2H3,(H,16,19)/t13-,14+/m0/s1. The average molecular weight is 342 g/mol. The number of rotatable bonds is 6. The molecule has 0 spiro atoms. The van der Waals surface area contributed by atoms with Gasteiger partial charge in [-0.15, -0.1) is 0 Å². The minimum Gasteiger partial charge on any atom is -0.392 e. The zero-order valence-corrected chi connectivity index (χ0v) is 14.0. The van der Waals surface area contributed by atoms with E-state index in [1.165, 1.54) is 18.4 Å². The summed E-state index contributed by atoms with van der Waals surface area (Å²) in [6.07, 6.45) is 0. The van der Waals surface area contributed by atoms with Crippen molar-refractivity contribution >= 4 is 15.9 Å². The molecule has 2 atom stereocenters. The van der Waals surface area contributed by atoms with E-state index in [9.17, 15) is 13.2 Å². The maximum atomic E-state index is 12.3. The normalized spacial score (nSPS) is 21.6. The quantitative estimate of drug-likeness (QED) is 0.747. The van der Waals surface area contributed by atoms with Crippen molar-refractivity contribution in [1.82, 2.24) is 9.62 Å². The lowest BCUT2D eigenvalue weighted by Crippen LogP contribution is -2.43. The van der Waals surface area contributed by atoms with E-state index in [0.29, 0.717) is 18.8 Å². The Morgan fingerprint density at radius 2 is 1.96 bits per heavy atom. The van der Waals surface area contributed by atoms with Crippen molar-refractivity contribution in [3.63, 3.8) is 0 Å². The smallest absolute Gasteiger partial charge is 0.251 e. The van der Waals surface area contributed by atoms with Crippen molar-refractivity contribution in [1.29, 1.82) is 0 Å². The third-order valence-electron chi connectivity index (χ3n) is 3.89. The number of aliphatic hydroxyl groups excluding tert-OH is 1. The summed E-state index contributed by atoms with van der Waals surface area (Å²) in [5, 5.41) is 11.8. The fourth-order valence-corrected chi connectivity index (χ4v) is 3.52. The summed E-state index contributed by atoms with van der Waals surface area (Å²) in [6.45, 7) is 0.526. The zero-order chi connectivity index (χ0) is 17.0. The van der Waals surface area contributed by atoms with Crippen molar-refractivity contribution in [2.24, 2.45) is 5.92 Å². The van der Waals surface area contributed by atoms with Crippen molar-refractivity contribution in [3.05, 3.63) is 35.4 Å². The number of nitrogens with zero attached hydrogens (tertiary/aromatic N) is 1. The van der Waals surface area contributed by atoms with Gasteiger partial charge in [-0.05, 0) is 17.7 Å². The zero-order valence-electron chi connectivity index (χ0n) is 13.2. The van der Waals surface area contributed by atoms with E-state index in [1.54, 1.807) is 24.3 Å². The number of aliphatic hydroxyl groups is 1. The number of sulfonamides is 1. The van der Waals surface area contributed by atoms with Gasteiger partial charge in [0, 0.05) is 25.6 Å². The number of amides is 1. The molecule has 1 aliphatic heterocycles. The summed E-state index contributed by atoms with van der Waals surface area (Å²) < 4.78 is 30.5. The molecule has 0 unspecified atom stereocenters. The molecule has 2 rings (SSSR count). The van der Waals surface area contributed by atoms with Gasteiger partial charge >= 0.3 is 0 Å². The Hall–Kier alpha value is -1.48. The first-order chi connectivity index (χ1) is 10.8. The molecule has 0 aliphatic carbocycles. The van der Waals surface area contributed by atoms with Gasteiger partial charge in [-0.2, -0.15) is 0 Å². The second-order valence-electron chi connectivity index (χ2n) is 5.79. The SMILES string of the molecule is CN(C)S(=O)(=O)C[C@@H]1COC[C@H]1NC(=O)c1ccc(CO)cc1. The van der Waals surface area contributed by atoms with Crippen LogP contribution in [-0.4, -0.2) is 62.8 Å². The molecule has 1 fully saturated rings. The maximum absolute atomic E-state index is 12.3. The number of nitrogens with one attached hydrogen (secondary N) is 1. The number of carbonyl (C=O) groups is 1. The summed E-state index contributed by atoms with van der Waals surface area (Å²) in [6, 6.07) is 6.27. The first kappa shape index (κ1) is 17.9. The predicted molar refractivity (Wildman–Crippen MR) is 85.4 cm³/mol. The highest BCUT2D eigenvalue weighted by Gasteiger charge is 2.34. The van der Waals surface area contributed by atoms with Gasteiger partial charge in [-0.3, -0.25) is 4.79 Å². The van der Waals surface area contributed by atoms with Crippen LogP contribution in [0.1, 0.15) is 15.9 Å². The second kappa shape index (κ2) is 7.39. The van der Waals surface area contributed by atoms with Crippen LogP contribution in [0.4, 0.5) is 0 Å². The van der Waals surface area contributed by atoms with Crippen molar-refractivity contribution in [2.45, 2.75) is 12.6 Å². The van der Waals surface area contributed by atoms with Gasteiger partial charge in [0.05, 0.1) is 31.6 Å². The molecular weight excluding hydrogens is 320 g/mol. The highest BCUT2D eigenvalue weighted by Crippen LogP contribution is 2.18. The lowest BCUT2D eigenvalue weighted by atomic mass is 10.1. The molecular formula is C15H22N2O5S. The van der Waals surface area contributed by atoms with E-state index < -0.39 is 10.0 Å². The Balaban J connectivity index is 2.01. The molecule has 1 saturated heterocycles. The largest absolute Gasteiger partial charge is 0.392 e. The Morgan fingerprint density at radius 3 is 2.52 bits per heavy atom. The van der Waals surface area contributed by atoms with E-state index in [4.69, 9.17) is 9.84 Å². The minimum absolute atomic E-state index is 0.0611. The topological polar surface area (TPSA) is 95.9 Å².